The molecule has 0 aliphatic rings. The molecule has 3 N–H and O–H groups in total. The zero-order valence-corrected chi connectivity index (χ0v) is 12.0. The summed E-state index contributed by atoms with van der Waals surface area (Å²) in [6.07, 6.45) is 2.46. The van der Waals surface area contributed by atoms with Gasteiger partial charge in [0, 0.05) is 16.4 Å². The molecule has 0 saturated heterocycles. The van der Waals surface area contributed by atoms with Gasteiger partial charge in [0.1, 0.15) is 6.07 Å². The number of rotatable bonds is 3. The Balaban J connectivity index is 2.40. The minimum absolute atomic E-state index is 0.370. The molecule has 0 fully saturated rings. The lowest BCUT2D eigenvalue weighted by molar-refractivity contribution is 1.13. The molecule has 4 nitrogen and oxygen atoms in total. The Hall–Kier alpha value is -2.06. The second-order valence-corrected chi connectivity index (χ2v) is 4.93. The Morgan fingerprint density at radius 2 is 2.21 bits per heavy atom. The molecule has 2 aromatic rings. The minimum Gasteiger partial charge on any atom is -0.395 e. The Kier molecular flexibility index (Phi) is 4.03. The number of halogens is 1. The quantitative estimate of drug-likeness (QED) is 0.907. The highest BCUT2D eigenvalue weighted by Crippen LogP contribution is 2.27. The average molecular weight is 317 g/mol. The van der Waals surface area contributed by atoms with Gasteiger partial charge in [-0.3, -0.25) is 0 Å². The first-order valence-electron chi connectivity index (χ1n) is 5.85. The Morgan fingerprint density at radius 1 is 1.42 bits per heavy atom. The second-order valence-electron chi connectivity index (χ2n) is 4.01. The first kappa shape index (κ1) is 13.4. The van der Waals surface area contributed by atoms with E-state index >= 15 is 0 Å². The van der Waals surface area contributed by atoms with Crippen molar-refractivity contribution in [2.75, 3.05) is 11.1 Å². The molecule has 0 spiro atoms. The summed E-state index contributed by atoms with van der Waals surface area (Å²) in [5.74, 6) is 0.510. The van der Waals surface area contributed by atoms with Crippen molar-refractivity contribution in [3.63, 3.8) is 0 Å². The number of nitrogen functional groups attached to an aromatic ring is 1. The molecule has 1 heterocycles. The predicted molar refractivity (Wildman–Crippen MR) is 80.2 cm³/mol. The summed E-state index contributed by atoms with van der Waals surface area (Å²) >= 11 is 3.45. The number of hydrogen-bond donors (Lipinski definition) is 2. The zero-order valence-electron chi connectivity index (χ0n) is 10.4. The van der Waals surface area contributed by atoms with Gasteiger partial charge >= 0.3 is 0 Å². The predicted octanol–water partition coefficient (Wildman–Crippen LogP) is 3.60. The third-order valence-corrected chi connectivity index (χ3v) is 3.31. The third kappa shape index (κ3) is 2.85. The number of pyridine rings is 1. The van der Waals surface area contributed by atoms with Gasteiger partial charge in [-0.2, -0.15) is 5.26 Å². The number of benzene rings is 1. The van der Waals surface area contributed by atoms with E-state index in [4.69, 9.17) is 11.0 Å². The van der Waals surface area contributed by atoms with Crippen LogP contribution in [-0.2, 0) is 6.42 Å². The zero-order chi connectivity index (χ0) is 13.8. The van der Waals surface area contributed by atoms with Crippen molar-refractivity contribution in [3.8, 4) is 6.07 Å². The van der Waals surface area contributed by atoms with Gasteiger partial charge in [0.05, 0.1) is 11.3 Å². The van der Waals surface area contributed by atoms with Crippen molar-refractivity contribution in [1.82, 2.24) is 4.98 Å². The van der Waals surface area contributed by atoms with Crippen LogP contribution in [0.1, 0.15) is 18.1 Å². The topological polar surface area (TPSA) is 74.7 Å². The largest absolute Gasteiger partial charge is 0.395 e. The molecule has 0 amide bonds. The molecule has 0 bridgehead atoms. The summed E-state index contributed by atoms with van der Waals surface area (Å²) < 4.78 is 1.03. The molecule has 5 heteroatoms. The van der Waals surface area contributed by atoms with E-state index in [2.05, 4.69) is 33.2 Å². The maximum absolute atomic E-state index is 8.95. The second kappa shape index (κ2) is 5.72. The molecule has 0 aliphatic heterocycles. The highest BCUT2D eigenvalue weighted by atomic mass is 79.9. The van der Waals surface area contributed by atoms with E-state index in [1.165, 1.54) is 0 Å². The SMILES string of the molecule is CCc1cc(Br)ccc1Nc1nccc(C#N)c1N. The highest BCUT2D eigenvalue weighted by molar-refractivity contribution is 9.10. The van der Waals surface area contributed by atoms with Gasteiger partial charge in [0.25, 0.3) is 0 Å². The average Bonchev–Trinajstić information content (AvgIpc) is 2.42. The number of nitrogens with two attached hydrogens (primary N) is 1. The highest BCUT2D eigenvalue weighted by Gasteiger charge is 2.08. The van der Waals surface area contributed by atoms with Gasteiger partial charge in [-0.05, 0) is 36.2 Å². The lowest BCUT2D eigenvalue weighted by atomic mass is 10.1. The van der Waals surface area contributed by atoms with E-state index in [1.54, 1.807) is 12.3 Å². The fourth-order valence-electron chi connectivity index (χ4n) is 1.77. The van der Waals surface area contributed by atoms with Crippen molar-refractivity contribution in [2.45, 2.75) is 13.3 Å². The lowest BCUT2D eigenvalue weighted by Gasteiger charge is -2.12. The smallest absolute Gasteiger partial charge is 0.154 e. The Bertz CT molecular complexity index is 646. The summed E-state index contributed by atoms with van der Waals surface area (Å²) in [5, 5.41) is 12.1. The van der Waals surface area contributed by atoms with E-state index in [9.17, 15) is 0 Å². The monoisotopic (exact) mass is 316 g/mol. The summed E-state index contributed by atoms with van der Waals surface area (Å²) in [4.78, 5) is 4.18. The molecule has 1 aromatic carbocycles. The molecule has 1 aromatic heterocycles. The van der Waals surface area contributed by atoms with Crippen LogP contribution in [0.25, 0.3) is 0 Å². The van der Waals surface area contributed by atoms with Crippen LogP contribution in [0.3, 0.4) is 0 Å². The molecular weight excluding hydrogens is 304 g/mol. The maximum atomic E-state index is 8.95. The van der Waals surface area contributed by atoms with Crippen molar-refractivity contribution in [3.05, 3.63) is 46.1 Å². The van der Waals surface area contributed by atoms with Gasteiger partial charge < -0.3 is 11.1 Å². The van der Waals surface area contributed by atoms with Gasteiger partial charge in [-0.1, -0.05) is 22.9 Å². The summed E-state index contributed by atoms with van der Waals surface area (Å²) in [5.41, 5.74) is 8.80. The molecule has 0 atom stereocenters. The van der Waals surface area contributed by atoms with E-state index in [-0.39, 0.29) is 0 Å². The molecule has 0 unspecified atom stereocenters. The Labute approximate surface area is 120 Å². The first-order valence-corrected chi connectivity index (χ1v) is 6.65. The summed E-state index contributed by atoms with van der Waals surface area (Å²) in [6.45, 7) is 2.08. The van der Waals surface area contributed by atoms with Crippen molar-refractivity contribution in [1.29, 1.82) is 5.26 Å². The van der Waals surface area contributed by atoms with Gasteiger partial charge in [0.15, 0.2) is 5.82 Å². The van der Waals surface area contributed by atoms with E-state index in [0.29, 0.717) is 17.1 Å². The van der Waals surface area contributed by atoms with Crippen LogP contribution in [0.15, 0.2) is 34.9 Å². The Morgan fingerprint density at radius 3 is 2.89 bits per heavy atom. The number of nitrogens with zero attached hydrogens (tertiary/aromatic N) is 2. The van der Waals surface area contributed by atoms with E-state index in [1.807, 2.05) is 24.3 Å². The van der Waals surface area contributed by atoms with Crippen LogP contribution in [0.5, 0.6) is 0 Å². The molecule has 0 radical (unpaired) electrons. The fraction of sp³-hybridized carbons (Fsp3) is 0.143. The standard InChI is InChI=1S/C14H13BrN4/c1-2-9-7-11(15)3-4-12(9)19-14-13(17)10(8-16)5-6-18-14/h3-7H,2,17H2,1H3,(H,18,19). The molecular formula is C14H13BrN4. The molecule has 19 heavy (non-hydrogen) atoms. The number of aryl methyl sites for hydroxylation is 1. The molecule has 96 valence electrons. The number of aromatic nitrogens is 1. The third-order valence-electron chi connectivity index (χ3n) is 2.81. The number of hydrogen-bond acceptors (Lipinski definition) is 4. The minimum atomic E-state index is 0.370. The number of nitriles is 1. The summed E-state index contributed by atoms with van der Waals surface area (Å²) in [7, 11) is 0. The number of nitrogens with one attached hydrogen (secondary N) is 1. The van der Waals surface area contributed by atoms with Gasteiger partial charge in [0.2, 0.25) is 0 Å². The van der Waals surface area contributed by atoms with E-state index in [0.717, 1.165) is 22.1 Å². The molecule has 0 saturated carbocycles. The number of anilines is 3. The van der Waals surface area contributed by atoms with Crippen molar-refractivity contribution >= 4 is 33.1 Å². The van der Waals surface area contributed by atoms with Gasteiger partial charge in [-0.15, -0.1) is 0 Å². The van der Waals surface area contributed by atoms with Crippen LogP contribution in [0.2, 0.25) is 0 Å². The maximum Gasteiger partial charge on any atom is 0.154 e. The van der Waals surface area contributed by atoms with Gasteiger partial charge in [-0.25, -0.2) is 4.98 Å². The van der Waals surface area contributed by atoms with Crippen LogP contribution >= 0.6 is 15.9 Å². The fourth-order valence-corrected chi connectivity index (χ4v) is 2.18. The molecule has 0 aliphatic carbocycles. The van der Waals surface area contributed by atoms with Crippen LogP contribution in [0, 0.1) is 11.3 Å². The lowest BCUT2D eigenvalue weighted by Crippen LogP contribution is -2.03. The van der Waals surface area contributed by atoms with Crippen molar-refractivity contribution in [2.24, 2.45) is 0 Å². The first-order chi connectivity index (χ1) is 9.15. The van der Waals surface area contributed by atoms with Crippen LogP contribution in [-0.4, -0.2) is 4.98 Å². The normalized spacial score (nSPS) is 9.95. The summed E-state index contributed by atoms with van der Waals surface area (Å²) in [6, 6.07) is 9.61. The van der Waals surface area contributed by atoms with Crippen LogP contribution < -0.4 is 11.1 Å². The van der Waals surface area contributed by atoms with E-state index < -0.39 is 0 Å². The molecule has 2 rings (SSSR count). The van der Waals surface area contributed by atoms with Crippen LogP contribution in [0.4, 0.5) is 17.2 Å². The van der Waals surface area contributed by atoms with Crippen molar-refractivity contribution < 1.29 is 0 Å².